The molecule has 2 rings (SSSR count). The number of rotatable bonds is 5. The van der Waals surface area contributed by atoms with E-state index in [2.05, 4.69) is 4.99 Å². The van der Waals surface area contributed by atoms with Gasteiger partial charge in [0, 0.05) is 12.6 Å². The number of aliphatic imine (C=N–C) groups is 1. The number of ether oxygens (including phenoxy) is 1. The molecule has 1 aromatic rings. The van der Waals surface area contributed by atoms with Gasteiger partial charge in [-0.05, 0) is 37.1 Å². The first-order chi connectivity index (χ1) is 13.6. The normalized spacial score (nSPS) is 18.2. The number of hydrogen-bond acceptors (Lipinski definition) is 6. The minimum Gasteiger partial charge on any atom is -0.416 e. The Labute approximate surface area is 171 Å². The molecule has 1 aromatic carbocycles. The molecular formula is C18H21F4N3O4S. The molecule has 1 heterocycles. The number of halogens is 4. The molecule has 30 heavy (non-hydrogen) atoms. The van der Waals surface area contributed by atoms with E-state index in [1.807, 2.05) is 0 Å². The Kier molecular flexibility index (Phi) is 6.62. The molecule has 0 spiro atoms. The van der Waals surface area contributed by atoms with Gasteiger partial charge in [0.25, 0.3) is 0 Å². The summed E-state index contributed by atoms with van der Waals surface area (Å²) < 4.78 is 81.8. The van der Waals surface area contributed by atoms with E-state index in [4.69, 9.17) is 4.74 Å². The molecule has 0 bridgehead atoms. The Balaban J connectivity index is 2.76. The Morgan fingerprint density at radius 3 is 2.20 bits per heavy atom. The third-order valence-electron chi connectivity index (χ3n) is 4.24. The van der Waals surface area contributed by atoms with Crippen LogP contribution in [0.5, 0.6) is 0 Å². The minimum atomic E-state index is -5.29. The predicted molar refractivity (Wildman–Crippen MR) is 101 cm³/mol. The maximum Gasteiger partial charge on any atom is 0.491 e. The molecule has 1 atom stereocenters. The summed E-state index contributed by atoms with van der Waals surface area (Å²) in [5.41, 5.74) is 0.0809. The van der Waals surface area contributed by atoms with Crippen LogP contribution in [0.15, 0.2) is 40.7 Å². The number of benzene rings is 1. The number of esters is 1. The summed E-state index contributed by atoms with van der Waals surface area (Å²) >= 11 is 0. The van der Waals surface area contributed by atoms with Crippen LogP contribution in [0.2, 0.25) is 0 Å². The summed E-state index contributed by atoms with van der Waals surface area (Å²) in [6.45, 7) is 4.72. The van der Waals surface area contributed by atoms with Crippen LogP contribution >= 0.6 is 0 Å². The van der Waals surface area contributed by atoms with Crippen LogP contribution < -0.4 is 0 Å². The minimum absolute atomic E-state index is 0.00218. The molecule has 1 aliphatic rings. The first-order valence-electron chi connectivity index (χ1n) is 8.75. The quantitative estimate of drug-likeness (QED) is 0.508. The molecule has 166 valence electrons. The van der Waals surface area contributed by atoms with Gasteiger partial charge in [0.2, 0.25) is 10.0 Å². The zero-order valence-electron chi connectivity index (χ0n) is 16.9. The number of hydrogen-bond donors (Lipinski definition) is 0. The molecule has 0 aliphatic carbocycles. The van der Waals surface area contributed by atoms with Crippen molar-refractivity contribution in [2.24, 2.45) is 10.9 Å². The molecule has 0 fully saturated rings. The summed E-state index contributed by atoms with van der Waals surface area (Å²) in [6, 6.07) is 4.71. The summed E-state index contributed by atoms with van der Waals surface area (Å²) in [6.07, 6.45) is -5.26. The van der Waals surface area contributed by atoms with Crippen molar-refractivity contribution in [3.63, 3.8) is 0 Å². The molecule has 0 N–H and O–H groups in total. The highest BCUT2D eigenvalue weighted by Gasteiger charge is 2.45. The number of nitrogens with zero attached hydrogens (tertiary/aromatic N) is 3. The lowest BCUT2D eigenvalue weighted by atomic mass is 9.99. The SMILES string of the molecule is CC(C)C1=C(OC(=O)C(F)(F)F)C(c2ccc(F)cc2)=NC(C)N1N(C)S(C)(=O)=O. The molecule has 1 aliphatic heterocycles. The second-order valence-corrected chi connectivity index (χ2v) is 8.91. The Morgan fingerprint density at radius 2 is 1.77 bits per heavy atom. The van der Waals surface area contributed by atoms with Crippen molar-refractivity contribution in [2.75, 3.05) is 13.3 Å². The fraction of sp³-hybridized carbons (Fsp3) is 0.444. The van der Waals surface area contributed by atoms with Crippen LogP contribution in [-0.2, 0) is 19.6 Å². The van der Waals surface area contributed by atoms with E-state index < -0.39 is 45.8 Å². The third kappa shape index (κ3) is 4.98. The lowest BCUT2D eigenvalue weighted by Crippen LogP contribution is -2.51. The van der Waals surface area contributed by atoms with Crippen molar-refractivity contribution in [3.8, 4) is 0 Å². The number of carbonyl (C=O) groups excluding carboxylic acids is 1. The maximum atomic E-state index is 13.3. The first-order valence-corrected chi connectivity index (χ1v) is 10.6. The predicted octanol–water partition coefficient (Wildman–Crippen LogP) is 3.06. The zero-order chi connectivity index (χ0) is 23.0. The smallest absolute Gasteiger partial charge is 0.416 e. The van der Waals surface area contributed by atoms with Crippen LogP contribution in [0.4, 0.5) is 17.6 Å². The number of carbonyl (C=O) groups is 1. The van der Waals surface area contributed by atoms with Crippen molar-refractivity contribution in [1.29, 1.82) is 0 Å². The third-order valence-corrected chi connectivity index (χ3v) is 5.37. The zero-order valence-corrected chi connectivity index (χ0v) is 17.7. The molecule has 7 nitrogen and oxygen atoms in total. The van der Waals surface area contributed by atoms with Crippen molar-refractivity contribution in [1.82, 2.24) is 9.42 Å². The van der Waals surface area contributed by atoms with Gasteiger partial charge in [-0.15, -0.1) is 4.41 Å². The van der Waals surface area contributed by atoms with Gasteiger partial charge in [0.15, 0.2) is 5.76 Å². The van der Waals surface area contributed by atoms with Crippen molar-refractivity contribution >= 4 is 21.7 Å². The first kappa shape index (κ1) is 23.8. The van der Waals surface area contributed by atoms with Gasteiger partial charge in [0.05, 0.1) is 12.0 Å². The van der Waals surface area contributed by atoms with Crippen LogP contribution in [0.1, 0.15) is 26.3 Å². The van der Waals surface area contributed by atoms with E-state index in [1.165, 1.54) is 26.1 Å². The Morgan fingerprint density at radius 1 is 1.23 bits per heavy atom. The highest BCUT2D eigenvalue weighted by molar-refractivity contribution is 7.88. The van der Waals surface area contributed by atoms with E-state index in [0.717, 1.165) is 27.8 Å². The topological polar surface area (TPSA) is 79.3 Å². The van der Waals surface area contributed by atoms with Crippen LogP contribution in [0.25, 0.3) is 0 Å². The number of sulfonamides is 1. The molecule has 0 saturated heterocycles. The largest absolute Gasteiger partial charge is 0.491 e. The fourth-order valence-electron chi connectivity index (χ4n) is 2.86. The van der Waals surface area contributed by atoms with Crippen molar-refractivity contribution in [2.45, 2.75) is 33.1 Å². The molecule has 0 saturated carbocycles. The average molecular weight is 451 g/mol. The highest BCUT2D eigenvalue weighted by Crippen LogP contribution is 2.34. The van der Waals surface area contributed by atoms with Crippen LogP contribution in [0.3, 0.4) is 0 Å². The van der Waals surface area contributed by atoms with Crippen LogP contribution in [0, 0.1) is 11.7 Å². The van der Waals surface area contributed by atoms with Gasteiger partial charge in [-0.25, -0.2) is 17.6 Å². The van der Waals surface area contributed by atoms with Gasteiger partial charge in [-0.2, -0.15) is 13.2 Å². The van der Waals surface area contributed by atoms with Gasteiger partial charge in [-0.3, -0.25) is 10.0 Å². The molecular weight excluding hydrogens is 430 g/mol. The lowest BCUT2D eigenvalue weighted by Gasteiger charge is -2.41. The number of allylic oxidation sites excluding steroid dienone is 2. The standard InChI is InChI=1S/C18H21F4N3O4S/c1-10(2)15-16(29-17(26)18(20,21)22)14(12-6-8-13(19)9-7-12)23-11(3)25(15)24(4)30(5,27)28/h6-11H,1-5H3. The molecule has 1 unspecified atom stereocenters. The number of alkyl halides is 3. The van der Waals surface area contributed by atoms with Gasteiger partial charge in [0.1, 0.15) is 17.7 Å². The van der Waals surface area contributed by atoms with E-state index in [1.54, 1.807) is 13.8 Å². The Bertz CT molecular complexity index is 986. The number of hydrazine groups is 1. The summed E-state index contributed by atoms with van der Waals surface area (Å²) in [5.74, 6) is -4.18. The fourth-order valence-corrected chi connectivity index (χ4v) is 3.41. The summed E-state index contributed by atoms with van der Waals surface area (Å²) in [4.78, 5) is 15.9. The van der Waals surface area contributed by atoms with Crippen molar-refractivity contribution < 1.29 is 35.5 Å². The maximum absolute atomic E-state index is 13.3. The van der Waals surface area contributed by atoms with Gasteiger partial charge >= 0.3 is 12.1 Å². The second kappa shape index (κ2) is 8.34. The van der Waals surface area contributed by atoms with Crippen LogP contribution in [-0.4, -0.2) is 55.2 Å². The molecule has 0 aromatic heterocycles. The lowest BCUT2D eigenvalue weighted by molar-refractivity contribution is -0.195. The van der Waals surface area contributed by atoms with E-state index in [9.17, 15) is 30.8 Å². The average Bonchev–Trinajstić information content (AvgIpc) is 2.60. The molecule has 0 amide bonds. The Hall–Kier alpha value is -2.47. The second-order valence-electron chi connectivity index (χ2n) is 6.91. The molecule has 0 radical (unpaired) electrons. The van der Waals surface area contributed by atoms with Gasteiger partial charge in [-0.1, -0.05) is 13.8 Å². The van der Waals surface area contributed by atoms with E-state index in [0.29, 0.717) is 0 Å². The van der Waals surface area contributed by atoms with E-state index >= 15 is 0 Å². The van der Waals surface area contributed by atoms with E-state index in [-0.39, 0.29) is 17.0 Å². The summed E-state index contributed by atoms with van der Waals surface area (Å²) in [7, 11) is -2.62. The highest BCUT2D eigenvalue weighted by atomic mass is 32.2. The van der Waals surface area contributed by atoms with Crippen molar-refractivity contribution in [3.05, 3.63) is 47.1 Å². The molecule has 12 heteroatoms. The van der Waals surface area contributed by atoms with Gasteiger partial charge < -0.3 is 4.74 Å². The monoisotopic (exact) mass is 451 g/mol. The summed E-state index contributed by atoms with van der Waals surface area (Å²) in [5, 5.41) is 1.14.